The molecule has 0 aliphatic carbocycles. The molecular weight excluding hydrogens is 284 g/mol. The fourth-order valence-corrected chi connectivity index (χ4v) is 2.42. The van der Waals surface area contributed by atoms with Crippen molar-refractivity contribution in [3.05, 3.63) is 30.3 Å². The van der Waals surface area contributed by atoms with Gasteiger partial charge in [-0.3, -0.25) is 4.79 Å². The first-order valence-corrected chi connectivity index (χ1v) is 7.57. The van der Waals surface area contributed by atoms with Crippen molar-refractivity contribution in [3.63, 3.8) is 0 Å². The lowest BCUT2D eigenvalue weighted by Gasteiger charge is -2.31. The number of amides is 2. The third kappa shape index (κ3) is 5.27. The van der Waals surface area contributed by atoms with Crippen molar-refractivity contribution >= 4 is 12.0 Å². The minimum Gasteiger partial charge on any atom is -0.493 e. The fraction of sp³-hybridized carbons (Fsp3) is 0.500. The van der Waals surface area contributed by atoms with Crippen LogP contribution in [0.4, 0.5) is 4.79 Å². The molecule has 1 aromatic rings. The number of hydrogen-bond donors (Lipinski definition) is 2. The number of hydrogen-bond acceptors (Lipinski definition) is 3. The van der Waals surface area contributed by atoms with E-state index in [4.69, 9.17) is 9.84 Å². The van der Waals surface area contributed by atoms with Crippen LogP contribution in [0.2, 0.25) is 0 Å². The maximum Gasteiger partial charge on any atom is 0.317 e. The Morgan fingerprint density at radius 1 is 1.23 bits per heavy atom. The SMILES string of the molecule is O=C(O)CCNC(=O)N1CCC(COc2ccccc2)CC1. The van der Waals surface area contributed by atoms with Gasteiger partial charge in [-0.2, -0.15) is 0 Å². The second-order valence-corrected chi connectivity index (χ2v) is 5.43. The Balaban J connectivity index is 1.65. The summed E-state index contributed by atoms with van der Waals surface area (Å²) in [7, 11) is 0. The van der Waals surface area contributed by atoms with E-state index in [1.165, 1.54) is 0 Å². The number of nitrogens with one attached hydrogen (secondary N) is 1. The summed E-state index contributed by atoms with van der Waals surface area (Å²) in [6.07, 6.45) is 1.76. The van der Waals surface area contributed by atoms with Crippen molar-refractivity contribution in [2.24, 2.45) is 5.92 Å². The highest BCUT2D eigenvalue weighted by Gasteiger charge is 2.23. The Bertz CT molecular complexity index is 484. The lowest BCUT2D eigenvalue weighted by Crippen LogP contribution is -2.45. The van der Waals surface area contributed by atoms with Crippen LogP contribution in [0.25, 0.3) is 0 Å². The Labute approximate surface area is 130 Å². The number of para-hydroxylation sites is 1. The summed E-state index contributed by atoms with van der Waals surface area (Å²) in [4.78, 5) is 24.0. The number of carbonyl (C=O) groups excluding carboxylic acids is 1. The standard InChI is InChI=1S/C16H22N2O4/c19-15(20)6-9-17-16(21)18-10-7-13(8-11-18)12-22-14-4-2-1-3-5-14/h1-5,13H,6-12H2,(H,17,21)(H,19,20). The van der Waals surface area contributed by atoms with Gasteiger partial charge in [0.05, 0.1) is 13.0 Å². The third-order valence-corrected chi connectivity index (χ3v) is 3.75. The first-order valence-electron chi connectivity index (χ1n) is 7.57. The third-order valence-electron chi connectivity index (χ3n) is 3.75. The van der Waals surface area contributed by atoms with Gasteiger partial charge in [-0.25, -0.2) is 4.79 Å². The molecule has 120 valence electrons. The van der Waals surface area contributed by atoms with Crippen LogP contribution < -0.4 is 10.1 Å². The molecule has 2 rings (SSSR count). The second-order valence-electron chi connectivity index (χ2n) is 5.43. The Morgan fingerprint density at radius 2 is 1.91 bits per heavy atom. The number of carboxylic acids is 1. The molecule has 0 radical (unpaired) electrons. The number of carboxylic acid groups (broad SMARTS) is 1. The van der Waals surface area contributed by atoms with Crippen LogP contribution in [0, 0.1) is 5.92 Å². The van der Waals surface area contributed by atoms with Crippen LogP contribution >= 0.6 is 0 Å². The zero-order valence-corrected chi connectivity index (χ0v) is 12.5. The largest absolute Gasteiger partial charge is 0.493 e. The van der Waals surface area contributed by atoms with Gasteiger partial charge >= 0.3 is 12.0 Å². The number of urea groups is 1. The number of piperidine rings is 1. The predicted molar refractivity (Wildman–Crippen MR) is 81.9 cm³/mol. The van der Waals surface area contributed by atoms with E-state index < -0.39 is 5.97 Å². The molecule has 2 amide bonds. The number of nitrogens with zero attached hydrogens (tertiary/aromatic N) is 1. The Morgan fingerprint density at radius 3 is 2.55 bits per heavy atom. The van der Waals surface area contributed by atoms with Crippen molar-refractivity contribution in [3.8, 4) is 5.75 Å². The molecule has 0 atom stereocenters. The topological polar surface area (TPSA) is 78.9 Å². The average Bonchev–Trinajstić information content (AvgIpc) is 2.54. The van der Waals surface area contributed by atoms with Gasteiger partial charge in [0.25, 0.3) is 0 Å². The maximum absolute atomic E-state index is 11.9. The minimum atomic E-state index is -0.905. The summed E-state index contributed by atoms with van der Waals surface area (Å²) in [5.41, 5.74) is 0. The van der Waals surface area contributed by atoms with Crippen LogP contribution in [-0.2, 0) is 4.79 Å². The van der Waals surface area contributed by atoms with E-state index >= 15 is 0 Å². The van der Waals surface area contributed by atoms with Crippen LogP contribution in [0.15, 0.2) is 30.3 Å². The molecule has 0 unspecified atom stereocenters. The van der Waals surface area contributed by atoms with Gasteiger partial charge in [0, 0.05) is 19.6 Å². The fourth-order valence-electron chi connectivity index (χ4n) is 2.42. The number of aliphatic carboxylic acids is 1. The molecule has 0 saturated carbocycles. The highest BCUT2D eigenvalue weighted by molar-refractivity contribution is 5.75. The molecule has 22 heavy (non-hydrogen) atoms. The summed E-state index contributed by atoms with van der Waals surface area (Å²) in [6, 6.07) is 9.53. The molecule has 1 heterocycles. The van der Waals surface area contributed by atoms with Crippen LogP contribution in [0.1, 0.15) is 19.3 Å². The molecule has 1 aliphatic rings. The molecule has 1 fully saturated rings. The van der Waals surface area contributed by atoms with E-state index in [1.807, 2.05) is 30.3 Å². The van der Waals surface area contributed by atoms with Crippen LogP contribution in [-0.4, -0.2) is 48.2 Å². The van der Waals surface area contributed by atoms with Crippen molar-refractivity contribution in [1.82, 2.24) is 10.2 Å². The highest BCUT2D eigenvalue weighted by atomic mass is 16.5. The summed E-state index contributed by atoms with van der Waals surface area (Å²) in [5.74, 6) is 0.414. The van der Waals surface area contributed by atoms with E-state index in [2.05, 4.69) is 5.32 Å². The lowest BCUT2D eigenvalue weighted by molar-refractivity contribution is -0.136. The van der Waals surface area contributed by atoms with E-state index in [1.54, 1.807) is 4.90 Å². The Kier molecular flexibility index (Phi) is 6.06. The number of carbonyl (C=O) groups is 2. The molecule has 1 aliphatic heterocycles. The first-order chi connectivity index (χ1) is 10.6. The quantitative estimate of drug-likeness (QED) is 0.842. The molecule has 0 spiro atoms. The van der Waals surface area contributed by atoms with E-state index in [0.717, 1.165) is 18.6 Å². The lowest BCUT2D eigenvalue weighted by atomic mass is 9.98. The number of benzene rings is 1. The van der Waals surface area contributed by atoms with E-state index in [9.17, 15) is 9.59 Å². The van der Waals surface area contributed by atoms with Gasteiger partial charge in [-0.15, -0.1) is 0 Å². The van der Waals surface area contributed by atoms with Gasteiger partial charge < -0.3 is 20.1 Å². The molecule has 6 heteroatoms. The molecule has 2 N–H and O–H groups in total. The number of ether oxygens (including phenoxy) is 1. The van der Waals surface area contributed by atoms with Crippen molar-refractivity contribution in [1.29, 1.82) is 0 Å². The summed E-state index contributed by atoms with van der Waals surface area (Å²) in [5, 5.41) is 11.2. The summed E-state index contributed by atoms with van der Waals surface area (Å²) >= 11 is 0. The molecule has 6 nitrogen and oxygen atoms in total. The normalized spacial score (nSPS) is 15.4. The molecular formula is C16H22N2O4. The van der Waals surface area contributed by atoms with Crippen LogP contribution in [0.3, 0.4) is 0 Å². The maximum atomic E-state index is 11.9. The van der Waals surface area contributed by atoms with Gasteiger partial charge in [0.2, 0.25) is 0 Å². The van der Waals surface area contributed by atoms with E-state index in [0.29, 0.717) is 25.6 Å². The molecule has 1 saturated heterocycles. The molecule has 1 aromatic carbocycles. The van der Waals surface area contributed by atoms with E-state index in [-0.39, 0.29) is 19.0 Å². The average molecular weight is 306 g/mol. The monoisotopic (exact) mass is 306 g/mol. The molecule has 0 bridgehead atoms. The Hall–Kier alpha value is -2.24. The zero-order valence-electron chi connectivity index (χ0n) is 12.5. The second kappa shape index (κ2) is 8.26. The minimum absolute atomic E-state index is 0.0485. The number of rotatable bonds is 6. The van der Waals surface area contributed by atoms with Crippen molar-refractivity contribution in [2.45, 2.75) is 19.3 Å². The smallest absolute Gasteiger partial charge is 0.317 e. The van der Waals surface area contributed by atoms with Crippen LogP contribution in [0.5, 0.6) is 5.75 Å². The first kappa shape index (κ1) is 16.1. The van der Waals surface area contributed by atoms with Crippen molar-refractivity contribution < 1.29 is 19.4 Å². The van der Waals surface area contributed by atoms with Gasteiger partial charge in [0.1, 0.15) is 5.75 Å². The summed E-state index contributed by atoms with van der Waals surface area (Å²) < 4.78 is 5.75. The van der Waals surface area contributed by atoms with Gasteiger partial charge in [-0.1, -0.05) is 18.2 Å². The highest BCUT2D eigenvalue weighted by Crippen LogP contribution is 2.19. The predicted octanol–water partition coefficient (Wildman–Crippen LogP) is 1.96. The van der Waals surface area contributed by atoms with Gasteiger partial charge in [-0.05, 0) is 30.9 Å². The zero-order chi connectivity index (χ0) is 15.8. The van der Waals surface area contributed by atoms with Crippen molar-refractivity contribution in [2.75, 3.05) is 26.2 Å². The summed E-state index contributed by atoms with van der Waals surface area (Å²) in [6.45, 7) is 2.20. The number of likely N-dealkylation sites (tertiary alicyclic amines) is 1. The molecule has 0 aromatic heterocycles. The van der Waals surface area contributed by atoms with Gasteiger partial charge in [0.15, 0.2) is 0 Å².